The van der Waals surface area contributed by atoms with E-state index in [9.17, 15) is 0 Å². The summed E-state index contributed by atoms with van der Waals surface area (Å²) in [5, 5.41) is 1.71. The van der Waals surface area contributed by atoms with E-state index >= 15 is 0 Å². The standard InChI is InChI=1S/C11H19Si/c1-10(2)9-12(3,4)11-7-5-6-8-11/h5-7H,8-9H2,1-4H3. The normalized spacial score (nSPS) is 17.2. The van der Waals surface area contributed by atoms with Crippen LogP contribution in [0, 0.1) is 5.92 Å². The molecule has 12 heavy (non-hydrogen) atoms. The Kier molecular flexibility index (Phi) is 2.94. The molecule has 1 rings (SSSR count). The maximum Gasteiger partial charge on any atom is 0.0764 e. The van der Waals surface area contributed by atoms with Crippen LogP contribution < -0.4 is 0 Å². The van der Waals surface area contributed by atoms with Crippen LogP contribution in [0.1, 0.15) is 20.3 Å². The van der Waals surface area contributed by atoms with Gasteiger partial charge >= 0.3 is 0 Å². The van der Waals surface area contributed by atoms with E-state index in [1.807, 2.05) is 0 Å². The van der Waals surface area contributed by atoms with Gasteiger partial charge in [-0.1, -0.05) is 50.4 Å². The maximum atomic E-state index is 2.47. The van der Waals surface area contributed by atoms with Crippen LogP contribution in [0.4, 0.5) is 0 Å². The zero-order chi connectivity index (χ0) is 9.19. The molecule has 0 aromatic carbocycles. The SMILES string of the molecule is C[C](C)C[Si](C)(C)C1=CC=CC1. The topological polar surface area (TPSA) is 0 Å². The zero-order valence-electron chi connectivity index (χ0n) is 8.65. The molecular formula is C11H19Si. The predicted molar refractivity (Wildman–Crippen MR) is 58.7 cm³/mol. The third-order valence-corrected chi connectivity index (χ3v) is 6.14. The Bertz CT molecular complexity index is 209. The van der Waals surface area contributed by atoms with E-state index in [1.165, 1.54) is 12.5 Å². The van der Waals surface area contributed by atoms with Gasteiger partial charge in [-0.15, -0.1) is 0 Å². The largest absolute Gasteiger partial charge is 0.0809 e. The summed E-state index contributed by atoms with van der Waals surface area (Å²) in [4.78, 5) is 0. The van der Waals surface area contributed by atoms with Crippen molar-refractivity contribution in [3.8, 4) is 0 Å². The van der Waals surface area contributed by atoms with Crippen LogP contribution in [0.15, 0.2) is 23.4 Å². The van der Waals surface area contributed by atoms with Gasteiger partial charge in [-0.25, -0.2) is 0 Å². The summed E-state index contributed by atoms with van der Waals surface area (Å²) >= 11 is 0. The Balaban J connectivity index is 2.59. The first kappa shape index (κ1) is 9.78. The highest BCUT2D eigenvalue weighted by molar-refractivity contribution is 6.84. The molecule has 0 saturated carbocycles. The molecular weight excluding hydrogens is 160 g/mol. The first-order chi connectivity index (χ1) is 5.52. The second-order valence-electron chi connectivity index (χ2n) is 4.59. The van der Waals surface area contributed by atoms with Crippen LogP contribution in [0.3, 0.4) is 0 Å². The van der Waals surface area contributed by atoms with Crippen molar-refractivity contribution >= 4 is 8.07 Å². The van der Waals surface area contributed by atoms with Gasteiger partial charge in [-0.2, -0.15) is 0 Å². The van der Waals surface area contributed by atoms with Crippen molar-refractivity contribution in [2.24, 2.45) is 0 Å². The van der Waals surface area contributed by atoms with Crippen molar-refractivity contribution in [1.29, 1.82) is 0 Å². The number of allylic oxidation sites excluding steroid dienone is 4. The monoisotopic (exact) mass is 179 g/mol. The summed E-state index contributed by atoms with van der Waals surface area (Å²) < 4.78 is 0. The number of hydrogen-bond acceptors (Lipinski definition) is 0. The minimum absolute atomic E-state index is 1.07. The van der Waals surface area contributed by atoms with Gasteiger partial charge in [0.1, 0.15) is 0 Å². The average Bonchev–Trinajstić information content (AvgIpc) is 2.32. The summed E-state index contributed by atoms with van der Waals surface area (Å²) in [6.07, 6.45) is 8.02. The molecule has 1 radical (unpaired) electrons. The lowest BCUT2D eigenvalue weighted by molar-refractivity contribution is 1.06. The van der Waals surface area contributed by atoms with Gasteiger partial charge in [-0.05, 0) is 18.4 Å². The van der Waals surface area contributed by atoms with Crippen LogP contribution in [0.25, 0.3) is 0 Å². The quantitative estimate of drug-likeness (QED) is 0.579. The highest BCUT2D eigenvalue weighted by atomic mass is 28.3. The van der Waals surface area contributed by atoms with Crippen molar-refractivity contribution in [1.82, 2.24) is 0 Å². The fourth-order valence-electron chi connectivity index (χ4n) is 1.95. The van der Waals surface area contributed by atoms with E-state index in [4.69, 9.17) is 0 Å². The zero-order valence-corrected chi connectivity index (χ0v) is 9.65. The molecule has 0 aliphatic heterocycles. The van der Waals surface area contributed by atoms with Crippen molar-refractivity contribution < 1.29 is 0 Å². The van der Waals surface area contributed by atoms with Crippen molar-refractivity contribution in [2.75, 3.05) is 0 Å². The van der Waals surface area contributed by atoms with Crippen LogP contribution in [-0.4, -0.2) is 8.07 Å². The summed E-state index contributed by atoms with van der Waals surface area (Å²) in [6, 6.07) is 1.35. The van der Waals surface area contributed by atoms with Gasteiger partial charge in [0.05, 0.1) is 8.07 Å². The number of hydrogen-bond donors (Lipinski definition) is 0. The molecule has 1 aliphatic rings. The van der Waals surface area contributed by atoms with E-state index < -0.39 is 8.07 Å². The molecule has 1 aliphatic carbocycles. The van der Waals surface area contributed by atoms with Gasteiger partial charge in [-0.3, -0.25) is 0 Å². The third-order valence-electron chi connectivity index (χ3n) is 2.44. The highest BCUT2D eigenvalue weighted by Crippen LogP contribution is 2.29. The summed E-state index contributed by atoms with van der Waals surface area (Å²) in [7, 11) is -1.07. The van der Waals surface area contributed by atoms with Gasteiger partial charge in [0.25, 0.3) is 0 Å². The molecule has 0 fully saturated rings. The summed E-state index contributed by atoms with van der Waals surface area (Å²) in [5.41, 5.74) is 0. The number of rotatable bonds is 3. The molecule has 0 aromatic rings. The Morgan fingerprint density at radius 1 is 1.42 bits per heavy atom. The Morgan fingerprint density at radius 2 is 2.08 bits per heavy atom. The van der Waals surface area contributed by atoms with Crippen LogP contribution >= 0.6 is 0 Å². The first-order valence-corrected chi connectivity index (χ1v) is 7.88. The van der Waals surface area contributed by atoms with E-state index in [1.54, 1.807) is 11.1 Å². The lowest BCUT2D eigenvalue weighted by Gasteiger charge is -2.25. The van der Waals surface area contributed by atoms with E-state index in [0.717, 1.165) is 0 Å². The van der Waals surface area contributed by atoms with E-state index in [2.05, 4.69) is 45.2 Å². The fourth-order valence-corrected chi connectivity index (χ4v) is 5.16. The minimum Gasteiger partial charge on any atom is -0.0809 e. The predicted octanol–water partition coefficient (Wildman–Crippen LogP) is 3.73. The molecule has 0 amide bonds. The van der Waals surface area contributed by atoms with Crippen LogP contribution in [0.5, 0.6) is 0 Å². The fraction of sp³-hybridized carbons (Fsp3) is 0.545. The third kappa shape index (κ3) is 2.34. The van der Waals surface area contributed by atoms with Crippen LogP contribution in [0.2, 0.25) is 19.1 Å². The molecule has 0 N–H and O–H groups in total. The Labute approximate surface area is 77.4 Å². The maximum absolute atomic E-state index is 2.47. The van der Waals surface area contributed by atoms with Gasteiger partial charge in [0.2, 0.25) is 0 Å². The van der Waals surface area contributed by atoms with Gasteiger partial charge in [0.15, 0.2) is 0 Å². The van der Waals surface area contributed by atoms with Crippen LogP contribution in [-0.2, 0) is 0 Å². The van der Waals surface area contributed by atoms with Crippen molar-refractivity contribution in [3.05, 3.63) is 29.3 Å². The summed E-state index contributed by atoms with van der Waals surface area (Å²) in [6.45, 7) is 9.44. The molecule has 0 heterocycles. The minimum atomic E-state index is -1.07. The molecule has 0 aromatic heterocycles. The molecule has 1 heteroatoms. The first-order valence-electron chi connectivity index (χ1n) is 4.67. The highest BCUT2D eigenvalue weighted by Gasteiger charge is 2.26. The second-order valence-corrected chi connectivity index (χ2v) is 9.36. The van der Waals surface area contributed by atoms with Gasteiger partial charge in [0, 0.05) is 0 Å². The molecule has 0 unspecified atom stereocenters. The smallest absolute Gasteiger partial charge is 0.0764 e. The Morgan fingerprint density at radius 3 is 2.50 bits per heavy atom. The van der Waals surface area contributed by atoms with E-state index in [0.29, 0.717) is 0 Å². The lowest BCUT2D eigenvalue weighted by atomic mass is 10.3. The second kappa shape index (κ2) is 3.61. The van der Waals surface area contributed by atoms with Crippen molar-refractivity contribution in [3.63, 3.8) is 0 Å². The molecule has 0 saturated heterocycles. The Hall–Kier alpha value is -0.303. The molecule has 0 bridgehead atoms. The summed E-state index contributed by atoms with van der Waals surface area (Å²) in [5.74, 6) is 1.58. The molecule has 67 valence electrons. The van der Waals surface area contributed by atoms with E-state index in [-0.39, 0.29) is 0 Å². The lowest BCUT2D eigenvalue weighted by Crippen LogP contribution is -2.29. The molecule has 0 nitrogen and oxygen atoms in total. The molecule has 0 atom stereocenters. The molecule has 0 spiro atoms. The van der Waals surface area contributed by atoms with Gasteiger partial charge < -0.3 is 0 Å². The van der Waals surface area contributed by atoms with Crippen molar-refractivity contribution in [2.45, 2.75) is 39.4 Å². The average molecular weight is 179 g/mol.